The summed E-state index contributed by atoms with van der Waals surface area (Å²) in [5.41, 5.74) is 9.46. The Kier molecular flexibility index (Phi) is 6.93. The molecule has 0 saturated carbocycles. The molecule has 274 valence electrons. The summed E-state index contributed by atoms with van der Waals surface area (Å²) in [6, 6.07) is 58.5. The van der Waals surface area contributed by atoms with Crippen molar-refractivity contribution in [2.75, 3.05) is 14.2 Å². The third-order valence-electron chi connectivity index (χ3n) is 12.8. The van der Waals surface area contributed by atoms with Gasteiger partial charge in [0.2, 0.25) is 0 Å². The highest BCUT2D eigenvalue weighted by Gasteiger charge is 2.29. The van der Waals surface area contributed by atoms with E-state index in [1.54, 1.807) is 0 Å². The molecule has 0 aliphatic rings. The van der Waals surface area contributed by atoms with Crippen molar-refractivity contribution < 1.29 is 9.47 Å². The van der Waals surface area contributed by atoms with Crippen LogP contribution in [0.2, 0.25) is 0 Å². The number of ether oxygens (including phenoxy) is 2. The Hall–Kier alpha value is -7.16. The summed E-state index contributed by atoms with van der Waals surface area (Å²) in [5.74, 6) is 1.72. The molecule has 2 nitrogen and oxygen atoms in total. The maximum Gasteiger partial charge on any atom is 0.135 e. The summed E-state index contributed by atoms with van der Waals surface area (Å²) >= 11 is 0. The van der Waals surface area contributed by atoms with Gasteiger partial charge in [0.1, 0.15) is 11.5 Å². The van der Waals surface area contributed by atoms with E-state index >= 15 is 0 Å². The van der Waals surface area contributed by atoms with Gasteiger partial charge in [-0.2, -0.15) is 0 Å². The van der Waals surface area contributed by atoms with Crippen molar-refractivity contribution in [2.24, 2.45) is 0 Å². The Bertz CT molecular complexity index is 3390. The summed E-state index contributed by atoms with van der Waals surface area (Å²) in [4.78, 5) is 0. The maximum absolute atomic E-state index is 6.80. The number of hydrogen-bond acceptors (Lipinski definition) is 2. The summed E-state index contributed by atoms with van der Waals surface area (Å²) < 4.78 is 13.6. The number of aryl methyl sites for hydroxylation is 2. The van der Waals surface area contributed by atoms with Crippen LogP contribution in [-0.4, -0.2) is 14.2 Å². The molecule has 0 spiro atoms. The van der Waals surface area contributed by atoms with Crippen LogP contribution >= 0.6 is 0 Å². The lowest BCUT2D eigenvalue weighted by molar-refractivity contribution is 0.416. The molecule has 12 rings (SSSR count). The minimum absolute atomic E-state index is 0.862. The highest BCUT2D eigenvalue weighted by molar-refractivity contribution is 6.40. The van der Waals surface area contributed by atoms with Gasteiger partial charge < -0.3 is 9.47 Å². The normalized spacial score (nSPS) is 12.1. The monoisotopic (exact) mass is 742 g/mol. The van der Waals surface area contributed by atoms with Crippen molar-refractivity contribution in [3.05, 3.63) is 169 Å². The topological polar surface area (TPSA) is 18.5 Å². The van der Waals surface area contributed by atoms with E-state index in [1.807, 2.05) is 14.2 Å². The van der Waals surface area contributed by atoms with Crippen molar-refractivity contribution >= 4 is 86.2 Å². The van der Waals surface area contributed by atoms with Crippen LogP contribution in [0.25, 0.3) is 120 Å². The van der Waals surface area contributed by atoms with E-state index in [2.05, 4.69) is 172 Å². The van der Waals surface area contributed by atoms with Gasteiger partial charge in [-0.3, -0.25) is 0 Å². The van der Waals surface area contributed by atoms with Gasteiger partial charge in [0.15, 0.2) is 0 Å². The predicted molar refractivity (Wildman–Crippen MR) is 248 cm³/mol. The van der Waals surface area contributed by atoms with Gasteiger partial charge in [-0.05, 0) is 125 Å². The lowest BCUT2D eigenvalue weighted by Crippen LogP contribution is -2.00. The first-order chi connectivity index (χ1) is 28.5. The fourth-order valence-corrected chi connectivity index (χ4v) is 10.3. The van der Waals surface area contributed by atoms with Crippen LogP contribution in [0.15, 0.2) is 158 Å². The number of hydrogen-bond donors (Lipinski definition) is 0. The minimum Gasteiger partial charge on any atom is -0.495 e. The number of methoxy groups -OCH3 is 2. The predicted octanol–water partition coefficient (Wildman–Crippen LogP) is 15.4. The second-order valence-electron chi connectivity index (χ2n) is 16.0. The van der Waals surface area contributed by atoms with E-state index in [0.717, 1.165) is 44.2 Å². The zero-order valence-electron chi connectivity index (χ0n) is 32.8. The van der Waals surface area contributed by atoms with E-state index in [-0.39, 0.29) is 0 Å². The smallest absolute Gasteiger partial charge is 0.135 e. The van der Waals surface area contributed by atoms with E-state index in [0.29, 0.717) is 0 Å². The van der Waals surface area contributed by atoms with Gasteiger partial charge in [-0.1, -0.05) is 145 Å². The lowest BCUT2D eigenvalue weighted by atomic mass is 9.80. The molecule has 0 aliphatic carbocycles. The Morgan fingerprint density at radius 1 is 0.310 bits per heavy atom. The molecule has 0 aromatic heterocycles. The summed E-state index contributed by atoms with van der Waals surface area (Å²) in [6.07, 6.45) is 0. The van der Waals surface area contributed by atoms with E-state index in [4.69, 9.17) is 9.47 Å². The second-order valence-corrected chi connectivity index (χ2v) is 16.0. The SMILES string of the molecule is COc1c(-c2c(OC)c3c4ccccc4cc4cc(-c5ccc(C)cc5)c5cccc2c5c43)c2cccc3c(-c4ccc(C)cc4)cc4cc5ccccc5c1c4c32. The van der Waals surface area contributed by atoms with E-state index in [1.165, 1.54) is 98.0 Å². The Morgan fingerprint density at radius 3 is 1.10 bits per heavy atom. The van der Waals surface area contributed by atoms with Crippen molar-refractivity contribution in [3.8, 4) is 44.9 Å². The summed E-state index contributed by atoms with van der Waals surface area (Å²) in [5, 5.41) is 19.0. The molecule has 12 aromatic carbocycles. The van der Waals surface area contributed by atoms with Crippen molar-refractivity contribution in [1.29, 1.82) is 0 Å². The molecular weight excluding hydrogens is 705 g/mol. The molecule has 58 heavy (non-hydrogen) atoms. The van der Waals surface area contributed by atoms with Crippen molar-refractivity contribution in [1.82, 2.24) is 0 Å². The maximum atomic E-state index is 6.80. The standard InChI is InChI=1S/C56H38O2/c1-31-19-23-33(24-20-31)45-29-37-27-35-11-5-7-13-39(35)51-47(37)49-41(45)15-9-17-43(49)53(55(51)57-3)54-44-18-10-16-42-46(34-25-21-32(2)22-26-34)30-38-28-36-12-6-8-14-40(36)52(56(54)58-4)48(38)50(42)44/h5-30H,1-4H3. The fraction of sp³-hybridized carbons (Fsp3) is 0.0714. The van der Waals surface area contributed by atoms with Crippen molar-refractivity contribution in [2.45, 2.75) is 13.8 Å². The molecule has 0 N–H and O–H groups in total. The quantitative estimate of drug-likeness (QED) is 0.129. The molecule has 0 atom stereocenters. The molecule has 0 bridgehead atoms. The van der Waals surface area contributed by atoms with Gasteiger partial charge in [-0.15, -0.1) is 0 Å². The molecule has 0 fully saturated rings. The molecule has 0 amide bonds. The van der Waals surface area contributed by atoms with E-state index < -0.39 is 0 Å². The second kappa shape index (κ2) is 12.2. The molecule has 2 heteroatoms. The molecule has 0 saturated heterocycles. The molecule has 12 aromatic rings. The molecule has 0 heterocycles. The van der Waals surface area contributed by atoms with Gasteiger partial charge in [0.25, 0.3) is 0 Å². The molecular formula is C56H38O2. The van der Waals surface area contributed by atoms with E-state index in [9.17, 15) is 0 Å². The van der Waals surface area contributed by atoms with Gasteiger partial charge in [-0.25, -0.2) is 0 Å². The van der Waals surface area contributed by atoms with Crippen LogP contribution in [0.3, 0.4) is 0 Å². The molecule has 0 radical (unpaired) electrons. The van der Waals surface area contributed by atoms with Crippen molar-refractivity contribution in [3.63, 3.8) is 0 Å². The fourth-order valence-electron chi connectivity index (χ4n) is 10.3. The van der Waals surface area contributed by atoms with Crippen LogP contribution in [0.4, 0.5) is 0 Å². The van der Waals surface area contributed by atoms with Crippen LogP contribution < -0.4 is 9.47 Å². The van der Waals surface area contributed by atoms with Gasteiger partial charge >= 0.3 is 0 Å². The third kappa shape index (κ3) is 4.43. The minimum atomic E-state index is 0.862. The zero-order valence-corrected chi connectivity index (χ0v) is 32.8. The van der Waals surface area contributed by atoms with Crippen LogP contribution in [0, 0.1) is 13.8 Å². The van der Waals surface area contributed by atoms with Crippen LogP contribution in [-0.2, 0) is 0 Å². The zero-order chi connectivity index (χ0) is 38.8. The largest absolute Gasteiger partial charge is 0.495 e. The van der Waals surface area contributed by atoms with Crippen LogP contribution in [0.1, 0.15) is 11.1 Å². The first kappa shape index (κ1) is 33.0. The first-order valence-electron chi connectivity index (χ1n) is 20.1. The van der Waals surface area contributed by atoms with Gasteiger partial charge in [0, 0.05) is 32.7 Å². The van der Waals surface area contributed by atoms with Crippen LogP contribution in [0.5, 0.6) is 11.5 Å². The van der Waals surface area contributed by atoms with Gasteiger partial charge in [0.05, 0.1) is 14.2 Å². The number of rotatable bonds is 5. The number of fused-ring (bicyclic) bond motifs is 4. The third-order valence-corrected chi connectivity index (χ3v) is 12.8. The average Bonchev–Trinajstić information content (AvgIpc) is 3.26. The highest BCUT2D eigenvalue weighted by atomic mass is 16.5. The number of benzene rings is 12. The lowest BCUT2D eigenvalue weighted by Gasteiger charge is -2.26. The first-order valence-corrected chi connectivity index (χ1v) is 20.1. The average molecular weight is 743 g/mol. The summed E-state index contributed by atoms with van der Waals surface area (Å²) in [7, 11) is 3.68. The molecule has 0 aliphatic heterocycles. The Morgan fingerprint density at radius 2 is 0.690 bits per heavy atom. The molecule has 0 unspecified atom stereocenters. The Balaban J connectivity index is 1.36. The summed E-state index contributed by atoms with van der Waals surface area (Å²) in [6.45, 7) is 4.30. The Labute approximate surface area is 336 Å². The highest BCUT2D eigenvalue weighted by Crippen LogP contribution is 2.58.